The largest absolute Gasteiger partial charge is 0.208 e. The molecule has 4 heterocycles. The molecular weight excluding hydrogens is 1470 g/mol. The zero-order chi connectivity index (χ0) is 77.7. The highest BCUT2D eigenvalue weighted by Crippen LogP contribution is 2.51. The third-order valence-corrected chi connectivity index (χ3v) is 25.9. The van der Waals surface area contributed by atoms with E-state index in [4.69, 9.17) is 29.9 Å². The maximum absolute atomic E-state index is 5.69. The lowest BCUT2D eigenvalue weighted by molar-refractivity contribution is 1.08. The van der Waals surface area contributed by atoms with Crippen molar-refractivity contribution in [3.05, 3.63) is 400 Å². The summed E-state index contributed by atoms with van der Waals surface area (Å²) in [6.45, 7) is 0. The molecule has 0 fully saturated rings. The molecular formula is C110H66N6S2. The molecule has 0 atom stereocenters. The van der Waals surface area contributed by atoms with Crippen LogP contribution in [0.5, 0.6) is 0 Å². The number of rotatable bonds is 13. The molecule has 0 unspecified atom stereocenters. The zero-order valence-electron chi connectivity index (χ0n) is 63.6. The van der Waals surface area contributed by atoms with Crippen LogP contribution >= 0.6 is 22.7 Å². The van der Waals surface area contributed by atoms with Crippen molar-refractivity contribution in [1.29, 1.82) is 0 Å². The van der Waals surface area contributed by atoms with Crippen LogP contribution in [0.25, 0.3) is 240 Å². The molecule has 19 aromatic carbocycles. The summed E-state index contributed by atoms with van der Waals surface area (Å²) in [6.07, 6.45) is 0. The van der Waals surface area contributed by atoms with Gasteiger partial charge in [-0.2, -0.15) is 0 Å². The molecule has 548 valence electrons. The van der Waals surface area contributed by atoms with E-state index < -0.39 is 0 Å². The SMILES string of the molecule is c1ccc(-c2nc(-c3ccc(-c4c(-c5ccc(-c6cccc(-c7cc(-c8nc(-c9ccccc9)nc(-c9ccc(-c%10c(-c%11c(-c%12ccccc%12)ccc%12ccccc%11%12)ccc%11ccccc%10%11)c%10ccccc9%10)n8)c8sc9ccccc9c8c7)c6)cc5)ccc5ccccc45)c4ccccc34)nc(-c3cccc4c3sc3ccccc34)n2)cc1. The summed E-state index contributed by atoms with van der Waals surface area (Å²) in [6, 6.07) is 145. The molecule has 8 heteroatoms. The molecule has 0 aliphatic heterocycles. The monoisotopic (exact) mass is 1530 g/mol. The third kappa shape index (κ3) is 11.7. The summed E-state index contributed by atoms with van der Waals surface area (Å²) in [5.74, 6) is 3.69. The molecule has 0 aliphatic carbocycles. The summed E-state index contributed by atoms with van der Waals surface area (Å²) < 4.78 is 4.70. The second-order valence-electron chi connectivity index (χ2n) is 30.2. The zero-order valence-corrected chi connectivity index (χ0v) is 65.2. The molecule has 0 aliphatic rings. The van der Waals surface area contributed by atoms with Crippen LogP contribution in [0.15, 0.2) is 400 Å². The van der Waals surface area contributed by atoms with Gasteiger partial charge in [0.25, 0.3) is 0 Å². The van der Waals surface area contributed by atoms with Crippen LogP contribution in [0.1, 0.15) is 0 Å². The number of nitrogens with zero attached hydrogens (tertiary/aromatic N) is 6. The number of thiophene rings is 2. The van der Waals surface area contributed by atoms with Crippen LogP contribution in [0.4, 0.5) is 0 Å². The summed E-state index contributed by atoms with van der Waals surface area (Å²) in [5.41, 5.74) is 21.5. The standard InChI is InChI=1S/C110H66N6S2/c1-4-26-68(27-5-1)81-57-54-70-29-11-14-38-79(70)101(81)94-59-56-71-30-12-15-39-80(71)102(94)90-61-63-93(86-43-19-17-41-84(86)90)108-112-106(74-33-8-3-9-34-74)114-110(116-108)97-66-77(65-96-88-45-21-23-49-99(88)118-104(96)97)76-36-24-35-75(64-76)67-50-52-72(53-51-67)82-58-55-69-28-10-13-37-78(69)100(82)89-60-62-92(85-42-18-16-40-83(85)89)107-111-105(73-31-6-2-7-32-73)113-109(115-107)95-47-25-46-91-87-44-20-22-48-98(87)117-103(91)95/h1-66H. The predicted octanol–water partition coefficient (Wildman–Crippen LogP) is 30.2. The lowest BCUT2D eigenvalue weighted by atomic mass is 9.82. The van der Waals surface area contributed by atoms with E-state index in [0.717, 1.165) is 120 Å². The fourth-order valence-electron chi connectivity index (χ4n) is 17.9. The Hall–Kier alpha value is -15.1. The number of hydrogen-bond donors (Lipinski definition) is 0. The van der Waals surface area contributed by atoms with Crippen molar-refractivity contribution in [1.82, 2.24) is 29.9 Å². The van der Waals surface area contributed by atoms with Gasteiger partial charge >= 0.3 is 0 Å². The molecule has 0 amide bonds. The fourth-order valence-corrected chi connectivity index (χ4v) is 20.3. The van der Waals surface area contributed by atoms with Gasteiger partial charge < -0.3 is 0 Å². The Kier molecular flexibility index (Phi) is 16.5. The molecule has 23 aromatic rings. The highest BCUT2D eigenvalue weighted by molar-refractivity contribution is 7.26. The minimum atomic E-state index is 0.595. The predicted molar refractivity (Wildman–Crippen MR) is 497 cm³/mol. The van der Waals surface area contributed by atoms with Crippen LogP contribution in [0.3, 0.4) is 0 Å². The third-order valence-electron chi connectivity index (χ3n) is 23.4. The van der Waals surface area contributed by atoms with E-state index in [1.54, 1.807) is 22.7 Å². The van der Waals surface area contributed by atoms with E-state index in [0.29, 0.717) is 34.9 Å². The van der Waals surface area contributed by atoms with Crippen LogP contribution in [-0.4, -0.2) is 29.9 Å². The molecule has 118 heavy (non-hydrogen) atoms. The van der Waals surface area contributed by atoms with Gasteiger partial charge in [0.2, 0.25) is 0 Å². The van der Waals surface area contributed by atoms with Crippen molar-refractivity contribution in [2.45, 2.75) is 0 Å². The van der Waals surface area contributed by atoms with Gasteiger partial charge in [0.05, 0.1) is 0 Å². The van der Waals surface area contributed by atoms with E-state index in [-0.39, 0.29) is 0 Å². The molecule has 0 saturated carbocycles. The fraction of sp³-hybridized carbons (Fsp3) is 0. The van der Waals surface area contributed by atoms with Gasteiger partial charge in [-0.1, -0.05) is 352 Å². The molecule has 6 nitrogen and oxygen atoms in total. The normalized spacial score (nSPS) is 11.7. The quantitative estimate of drug-likeness (QED) is 0.114. The topological polar surface area (TPSA) is 77.3 Å². The first-order chi connectivity index (χ1) is 58.5. The number of fused-ring (bicyclic) bond motifs is 11. The van der Waals surface area contributed by atoms with Crippen LogP contribution < -0.4 is 0 Å². The minimum Gasteiger partial charge on any atom is -0.208 e. The smallest absolute Gasteiger partial charge is 0.165 e. The van der Waals surface area contributed by atoms with Crippen LogP contribution in [-0.2, 0) is 0 Å². The van der Waals surface area contributed by atoms with Crippen molar-refractivity contribution in [3.63, 3.8) is 0 Å². The lowest BCUT2D eigenvalue weighted by Crippen LogP contribution is -2.01. The Morgan fingerprint density at radius 2 is 0.466 bits per heavy atom. The van der Waals surface area contributed by atoms with Gasteiger partial charge in [-0.15, -0.1) is 22.7 Å². The van der Waals surface area contributed by atoms with E-state index >= 15 is 0 Å². The number of hydrogen-bond acceptors (Lipinski definition) is 8. The average molecular weight is 1540 g/mol. The van der Waals surface area contributed by atoms with E-state index in [1.807, 2.05) is 24.3 Å². The summed E-state index contributed by atoms with van der Waals surface area (Å²) in [4.78, 5) is 32.7. The first-order valence-corrected chi connectivity index (χ1v) is 41.5. The van der Waals surface area contributed by atoms with Gasteiger partial charge in [-0.05, 0) is 180 Å². The lowest BCUT2D eigenvalue weighted by Gasteiger charge is -2.21. The Balaban J connectivity index is 0.632. The molecule has 0 saturated heterocycles. The van der Waals surface area contributed by atoms with Crippen molar-refractivity contribution < 1.29 is 0 Å². The Morgan fingerprint density at radius 3 is 0.983 bits per heavy atom. The second-order valence-corrected chi connectivity index (χ2v) is 32.3. The minimum absolute atomic E-state index is 0.595. The molecule has 4 aromatic heterocycles. The maximum atomic E-state index is 5.69. The van der Waals surface area contributed by atoms with E-state index in [1.165, 1.54) is 85.7 Å². The summed E-state index contributed by atoms with van der Waals surface area (Å²) in [5, 5.41) is 16.1. The van der Waals surface area contributed by atoms with Gasteiger partial charge in [-0.3, -0.25) is 0 Å². The van der Waals surface area contributed by atoms with Gasteiger partial charge in [0.15, 0.2) is 34.9 Å². The van der Waals surface area contributed by atoms with Crippen molar-refractivity contribution in [2.24, 2.45) is 0 Å². The molecule has 0 N–H and O–H groups in total. The number of benzene rings is 19. The van der Waals surface area contributed by atoms with Gasteiger partial charge in [0, 0.05) is 73.7 Å². The Labute approximate surface area is 688 Å². The highest BCUT2D eigenvalue weighted by Gasteiger charge is 2.27. The average Bonchev–Trinajstić information content (AvgIpc) is 1.24. The maximum Gasteiger partial charge on any atom is 0.165 e. The van der Waals surface area contributed by atoms with E-state index in [2.05, 4.69) is 376 Å². The summed E-state index contributed by atoms with van der Waals surface area (Å²) >= 11 is 3.57. The highest BCUT2D eigenvalue weighted by atomic mass is 32.1. The molecule has 0 spiro atoms. The molecule has 23 rings (SSSR count). The first-order valence-electron chi connectivity index (χ1n) is 39.9. The van der Waals surface area contributed by atoms with Crippen molar-refractivity contribution in [2.75, 3.05) is 0 Å². The Morgan fingerprint density at radius 1 is 0.144 bits per heavy atom. The van der Waals surface area contributed by atoms with Crippen LogP contribution in [0.2, 0.25) is 0 Å². The molecule has 0 bridgehead atoms. The van der Waals surface area contributed by atoms with E-state index in [9.17, 15) is 0 Å². The van der Waals surface area contributed by atoms with Gasteiger partial charge in [-0.25, -0.2) is 29.9 Å². The second kappa shape index (κ2) is 28.5. The van der Waals surface area contributed by atoms with Crippen molar-refractivity contribution in [3.8, 4) is 146 Å². The Bertz CT molecular complexity index is 7990. The first kappa shape index (κ1) is 68.5. The van der Waals surface area contributed by atoms with Gasteiger partial charge in [0.1, 0.15) is 0 Å². The number of aromatic nitrogens is 6. The van der Waals surface area contributed by atoms with Crippen molar-refractivity contribution >= 4 is 117 Å². The van der Waals surface area contributed by atoms with Crippen LogP contribution in [0, 0.1) is 0 Å². The molecule has 0 radical (unpaired) electrons. The summed E-state index contributed by atoms with van der Waals surface area (Å²) in [7, 11) is 0.